The zero-order valence-corrected chi connectivity index (χ0v) is 59.3. The molecule has 0 unspecified atom stereocenters. The van der Waals surface area contributed by atoms with Gasteiger partial charge in [-0.05, 0) is 133 Å². The highest BCUT2D eigenvalue weighted by Crippen LogP contribution is 2.32. The van der Waals surface area contributed by atoms with Gasteiger partial charge in [0.25, 0.3) is 22.2 Å². The van der Waals surface area contributed by atoms with E-state index in [1.165, 1.54) is 16.8 Å². The minimum absolute atomic E-state index is 0.108. The summed E-state index contributed by atoms with van der Waals surface area (Å²) in [6, 6.07) is 13.3. The topological polar surface area (TPSA) is 351 Å². The number of nitrogens with zero attached hydrogens (tertiary/aromatic N) is 19. The molecular weight excluding hydrogens is 1300 g/mol. The summed E-state index contributed by atoms with van der Waals surface area (Å²) < 4.78 is 31.9. The van der Waals surface area contributed by atoms with Crippen molar-refractivity contribution in [1.82, 2.24) is 95.2 Å². The normalized spacial score (nSPS) is 13.0. The minimum atomic E-state index is -0.462. The van der Waals surface area contributed by atoms with E-state index in [-0.39, 0.29) is 70.0 Å². The molecule has 14 aromatic rings. The second kappa shape index (κ2) is 29.3. The van der Waals surface area contributed by atoms with Crippen molar-refractivity contribution in [3.05, 3.63) is 182 Å². The van der Waals surface area contributed by atoms with Gasteiger partial charge in [0, 0.05) is 134 Å². The van der Waals surface area contributed by atoms with Crippen LogP contribution in [0.5, 0.6) is 0 Å². The summed E-state index contributed by atoms with van der Waals surface area (Å²) in [4.78, 5) is 116. The van der Waals surface area contributed by atoms with Gasteiger partial charge >= 0.3 is 0 Å². The van der Waals surface area contributed by atoms with Gasteiger partial charge in [0.15, 0.2) is 50.7 Å². The first-order chi connectivity index (χ1) is 48.6. The zero-order valence-electron chi connectivity index (χ0n) is 59.3. The van der Waals surface area contributed by atoms with Gasteiger partial charge in [-0.25, -0.2) is 48.7 Å². The summed E-state index contributed by atoms with van der Waals surface area (Å²) in [5, 5.41) is 4.04. The first kappa shape index (κ1) is 71.1. The molecule has 14 aromatic heterocycles. The van der Waals surface area contributed by atoms with Gasteiger partial charge in [0.2, 0.25) is 11.7 Å². The average molecular weight is 1390 g/mol. The van der Waals surface area contributed by atoms with Crippen molar-refractivity contribution in [1.29, 1.82) is 0 Å². The Bertz CT molecular complexity index is 5770. The number of imidazole rings is 5. The van der Waals surface area contributed by atoms with Crippen LogP contribution in [0.2, 0.25) is 0 Å². The number of ketones is 2. The van der Waals surface area contributed by atoms with Crippen LogP contribution in [0, 0.1) is 5.82 Å². The Morgan fingerprint density at radius 2 is 1.16 bits per heavy atom. The van der Waals surface area contributed by atoms with Crippen molar-refractivity contribution in [2.75, 3.05) is 11.1 Å². The first-order valence-electron chi connectivity index (χ1n) is 33.5. The fourth-order valence-electron chi connectivity index (χ4n) is 11.8. The monoisotopic (exact) mass is 1390 g/mol. The summed E-state index contributed by atoms with van der Waals surface area (Å²) in [5.74, 6) is 1.88. The number of aromatic amines is 3. The lowest BCUT2D eigenvalue weighted by Gasteiger charge is -2.12. The number of nitrogens with two attached hydrogens (primary N) is 1. The number of aliphatic imine (C=N–C) groups is 2. The van der Waals surface area contributed by atoms with Gasteiger partial charge in [-0.1, -0.05) is 6.58 Å². The van der Waals surface area contributed by atoms with Gasteiger partial charge in [-0.3, -0.25) is 37.7 Å². The number of Topliss-reactive ketones (excluding diaryl/α,β-unsaturated/α-hetero) is 2. The molecule has 0 saturated carbocycles. The molecule has 0 bridgehead atoms. The molecule has 17 heterocycles. The van der Waals surface area contributed by atoms with Crippen LogP contribution < -0.4 is 33.3 Å². The number of anilines is 2. The maximum absolute atomic E-state index is 13.4. The maximum atomic E-state index is 13.4. The third-order valence-electron chi connectivity index (χ3n) is 17.1. The number of carbonyl (C=O) groups excluding carboxylic acids is 2. The summed E-state index contributed by atoms with van der Waals surface area (Å²) in [7, 11) is 0. The highest BCUT2D eigenvalue weighted by atomic mass is 19.1. The average Bonchev–Trinajstić information content (AvgIpc) is 1.62. The van der Waals surface area contributed by atoms with E-state index in [0.29, 0.717) is 76.3 Å². The molecule has 0 aliphatic carbocycles. The third-order valence-corrected chi connectivity index (χ3v) is 17.1. The molecule has 17 rings (SSSR count). The number of H-pyrrole nitrogens is 3. The van der Waals surface area contributed by atoms with Crippen molar-refractivity contribution >= 4 is 114 Å². The molecule has 0 saturated heterocycles. The predicted molar refractivity (Wildman–Crippen MR) is 395 cm³/mol. The van der Waals surface area contributed by atoms with Gasteiger partial charge in [0.05, 0.1) is 48.5 Å². The molecule has 6 N–H and O–H groups in total. The Balaban J connectivity index is 0.000000120. The molecule has 31 heteroatoms. The van der Waals surface area contributed by atoms with E-state index in [1.807, 2.05) is 124 Å². The number of halogens is 1. The SMILES string of the molecule is C=C1Cn2c(nc3c(ncn3C(C)C)c2=O)N1.CC(C)n1cc(F)c2c1N=CCC2=O.CC(C)n1ccc2c(N)ccnc21.CC(C)n1ccc2c1N=CCC2=O.CC(C)n1cnc2c(=O)[nH]c3cccn3c21.CC(C)n1cnc2c(=O)[nH]ccc21.CC(C)n1cnc2c(=O)n3ccnc3[nH]c21. The molecule has 0 radical (unpaired) electrons. The largest absolute Gasteiger partial charge is 0.398 e. The quantitative estimate of drug-likeness (QED) is 0.0990. The third kappa shape index (κ3) is 14.0. The molecule has 0 spiro atoms. The second-order valence-corrected chi connectivity index (χ2v) is 26.5. The van der Waals surface area contributed by atoms with Crippen molar-refractivity contribution in [3.8, 4) is 0 Å². The van der Waals surface area contributed by atoms with Gasteiger partial charge in [-0.15, -0.1) is 0 Å². The van der Waals surface area contributed by atoms with Crippen LogP contribution in [0.25, 0.3) is 67.0 Å². The Labute approximate surface area is 582 Å². The van der Waals surface area contributed by atoms with Crippen LogP contribution in [0.4, 0.5) is 27.7 Å². The minimum Gasteiger partial charge on any atom is -0.398 e. The van der Waals surface area contributed by atoms with Crippen LogP contribution in [-0.4, -0.2) is 119 Å². The molecule has 30 nitrogen and oxygen atoms in total. The van der Waals surface area contributed by atoms with Crippen molar-refractivity contribution in [3.63, 3.8) is 0 Å². The van der Waals surface area contributed by atoms with Gasteiger partial charge < -0.3 is 58.0 Å². The Morgan fingerprint density at radius 1 is 0.539 bits per heavy atom. The fraction of sp³-hybridized carbons (Fsp3) is 0.338. The van der Waals surface area contributed by atoms with Gasteiger partial charge in [0.1, 0.15) is 28.6 Å². The van der Waals surface area contributed by atoms with Crippen molar-refractivity contribution in [2.24, 2.45) is 9.98 Å². The van der Waals surface area contributed by atoms with Crippen molar-refractivity contribution < 1.29 is 14.0 Å². The number of fused-ring (bicyclic) bond motifs is 11. The van der Waals surface area contributed by atoms with Crippen LogP contribution in [0.1, 0.15) is 173 Å². The number of hydrogen-bond acceptors (Lipinski definition) is 17. The summed E-state index contributed by atoms with van der Waals surface area (Å²) in [6.45, 7) is 32.9. The van der Waals surface area contributed by atoms with Crippen LogP contribution in [0.3, 0.4) is 0 Å². The molecule has 0 amide bonds. The lowest BCUT2D eigenvalue weighted by molar-refractivity contribution is 0.0990. The van der Waals surface area contributed by atoms with Crippen LogP contribution >= 0.6 is 0 Å². The van der Waals surface area contributed by atoms with E-state index in [0.717, 1.165) is 56.3 Å². The van der Waals surface area contributed by atoms with E-state index < -0.39 is 5.82 Å². The first-order valence-corrected chi connectivity index (χ1v) is 33.5. The van der Waals surface area contributed by atoms with Gasteiger partial charge in [-0.2, -0.15) is 4.98 Å². The summed E-state index contributed by atoms with van der Waals surface area (Å²) >= 11 is 0. The fourth-order valence-corrected chi connectivity index (χ4v) is 11.8. The summed E-state index contributed by atoms with van der Waals surface area (Å²) in [6.07, 6.45) is 24.4. The van der Waals surface area contributed by atoms with Crippen LogP contribution in [0.15, 0.2) is 153 Å². The van der Waals surface area contributed by atoms with E-state index >= 15 is 0 Å². The number of nitrogen functional groups attached to an aromatic ring is 1. The highest BCUT2D eigenvalue weighted by Gasteiger charge is 2.26. The number of carbonyl (C=O) groups is 2. The van der Waals surface area contributed by atoms with E-state index in [9.17, 15) is 33.2 Å². The molecule has 3 aliphatic heterocycles. The Kier molecular flexibility index (Phi) is 20.5. The molecule has 530 valence electrons. The highest BCUT2D eigenvalue weighted by molar-refractivity contribution is 6.10. The predicted octanol–water partition coefficient (Wildman–Crippen LogP) is 12.0. The number of hydrogen-bond donors (Lipinski definition) is 5. The Hall–Kier alpha value is -12.2. The number of rotatable bonds is 7. The lowest BCUT2D eigenvalue weighted by atomic mass is 10.1. The number of pyridine rings is 2. The van der Waals surface area contributed by atoms with E-state index in [4.69, 9.17) is 5.73 Å². The molecule has 102 heavy (non-hydrogen) atoms. The van der Waals surface area contributed by atoms with Crippen molar-refractivity contribution in [2.45, 2.75) is 159 Å². The second-order valence-electron chi connectivity index (χ2n) is 26.5. The molecule has 3 aliphatic rings. The molecule has 0 fully saturated rings. The standard InChI is InChI=1S/C11H13N5O.C11H12N4O.C10H11FN2O.C10H11N5O.C10H13N3.C10H12N2O.C9H11N3O/c1-6(2)16-5-12-8-9(16)14-11-13-7(3)4-15(11)10(8)17;1-7(2)15-6-12-9-10(16)13-8-4-3-5-14(8)11(9)15;1-6(2)13-5-7(11)9-8(14)3-4-12-10(9)13;1-6(2)15-5-12-7-8(15)13-10-11-3-4-14(10)9(7)16;1-7(2)13-6-4-8-9(11)3-5-12-10(8)13;1-7(2)12-6-4-8-9(13)3-5-11-10(8)12;1-6(2)12-5-11-8-7(12)3-4-10-9(8)13/h5-6H,3-4H2,1-2H3,(H,13,14);3-7H,1-2H3,(H,13,16);4-6H,3H2,1-2H3;3-6H,1-2H3,(H,11,13);3-7H,1-2H3,(H2,11,12);4-7H,3H2,1-2H3;3-6H,1-2H3,(H,10,13). The number of allylic oxidation sites excluding steroid dienone is 1. The van der Waals surface area contributed by atoms with E-state index in [2.05, 4.69) is 132 Å². The smallest absolute Gasteiger partial charge is 0.287 e. The van der Waals surface area contributed by atoms with E-state index in [1.54, 1.807) is 65.4 Å². The summed E-state index contributed by atoms with van der Waals surface area (Å²) in [5.41, 5.74) is 14.5. The zero-order chi connectivity index (χ0) is 73.3. The molecule has 0 atom stereocenters. The Morgan fingerprint density at radius 3 is 1.85 bits per heavy atom. The lowest BCUT2D eigenvalue weighted by Crippen LogP contribution is -2.19. The molecule has 0 aromatic carbocycles. The number of aromatic nitrogens is 20. The van der Waals surface area contributed by atoms with Crippen LogP contribution in [-0.2, 0) is 6.54 Å². The number of nitrogens with one attached hydrogen (secondary N) is 4. The molecular formula is C71H83FN24O6. The maximum Gasteiger partial charge on any atom is 0.287 e.